The van der Waals surface area contributed by atoms with E-state index in [1.165, 1.54) is 12.1 Å². The molecule has 1 heterocycles. The minimum Gasteiger partial charge on any atom is -0.330 e. The van der Waals surface area contributed by atoms with Crippen molar-refractivity contribution in [1.29, 1.82) is 0 Å². The van der Waals surface area contributed by atoms with Crippen molar-refractivity contribution in [1.82, 2.24) is 9.55 Å². The van der Waals surface area contributed by atoms with E-state index >= 15 is 0 Å². The molecule has 0 saturated carbocycles. The van der Waals surface area contributed by atoms with Crippen LogP contribution in [0.2, 0.25) is 0 Å². The number of aromatic amines is 1. The summed E-state index contributed by atoms with van der Waals surface area (Å²) in [6.45, 7) is 4.50. The van der Waals surface area contributed by atoms with Gasteiger partial charge in [0.1, 0.15) is 5.82 Å². The SMILES string of the molecule is C=CCSCCn1c(=S)[nH]c2cc(F)ccc21. The van der Waals surface area contributed by atoms with Crippen LogP contribution in [0.25, 0.3) is 11.0 Å². The first-order valence-corrected chi connectivity index (χ1v) is 6.85. The average molecular weight is 268 g/mol. The molecule has 1 N–H and O–H groups in total. The normalized spacial score (nSPS) is 10.9. The van der Waals surface area contributed by atoms with Crippen molar-refractivity contribution in [2.45, 2.75) is 6.54 Å². The van der Waals surface area contributed by atoms with Gasteiger partial charge in [0.25, 0.3) is 0 Å². The van der Waals surface area contributed by atoms with Gasteiger partial charge in [-0.25, -0.2) is 4.39 Å². The van der Waals surface area contributed by atoms with E-state index in [0.29, 0.717) is 4.77 Å². The van der Waals surface area contributed by atoms with Crippen LogP contribution in [-0.4, -0.2) is 21.1 Å². The quantitative estimate of drug-likeness (QED) is 0.506. The molecule has 1 aromatic heterocycles. The number of hydrogen-bond donors (Lipinski definition) is 1. The zero-order chi connectivity index (χ0) is 12.3. The minimum atomic E-state index is -0.248. The number of thioether (sulfide) groups is 1. The molecule has 0 radical (unpaired) electrons. The van der Waals surface area contributed by atoms with Crippen LogP contribution in [0, 0.1) is 10.6 Å². The number of halogens is 1. The molecule has 0 aliphatic rings. The number of aryl methyl sites for hydroxylation is 1. The second-order valence-corrected chi connectivity index (χ2v) is 5.14. The maximum atomic E-state index is 13.1. The summed E-state index contributed by atoms with van der Waals surface area (Å²) in [5.41, 5.74) is 1.71. The number of nitrogens with zero attached hydrogens (tertiary/aromatic N) is 1. The fourth-order valence-electron chi connectivity index (χ4n) is 1.68. The first-order valence-electron chi connectivity index (χ1n) is 5.29. The molecule has 0 amide bonds. The smallest absolute Gasteiger partial charge is 0.178 e. The summed E-state index contributed by atoms with van der Waals surface area (Å²) < 4.78 is 15.7. The predicted molar refractivity (Wildman–Crippen MR) is 74.6 cm³/mol. The Hall–Kier alpha value is -1.07. The summed E-state index contributed by atoms with van der Waals surface area (Å²) in [5, 5.41) is 0. The zero-order valence-electron chi connectivity index (χ0n) is 9.28. The number of benzene rings is 1. The van der Waals surface area contributed by atoms with Crippen molar-refractivity contribution in [3.63, 3.8) is 0 Å². The summed E-state index contributed by atoms with van der Waals surface area (Å²) in [7, 11) is 0. The molecule has 0 atom stereocenters. The van der Waals surface area contributed by atoms with Crippen LogP contribution >= 0.6 is 24.0 Å². The molecule has 90 valence electrons. The third-order valence-electron chi connectivity index (χ3n) is 2.43. The van der Waals surface area contributed by atoms with Gasteiger partial charge in [-0.2, -0.15) is 11.8 Å². The predicted octanol–water partition coefficient (Wildman–Crippen LogP) is 3.76. The number of nitrogens with one attached hydrogen (secondary N) is 1. The Bertz CT molecular complexity index is 586. The van der Waals surface area contributed by atoms with Crippen LogP contribution in [0.1, 0.15) is 0 Å². The number of fused-ring (bicyclic) bond motifs is 1. The molecule has 17 heavy (non-hydrogen) atoms. The first kappa shape index (κ1) is 12.4. The summed E-state index contributed by atoms with van der Waals surface area (Å²) in [6, 6.07) is 4.69. The van der Waals surface area contributed by atoms with E-state index in [4.69, 9.17) is 12.2 Å². The zero-order valence-corrected chi connectivity index (χ0v) is 10.9. The summed E-state index contributed by atoms with van der Waals surface area (Å²) in [4.78, 5) is 3.02. The fraction of sp³-hybridized carbons (Fsp3) is 0.250. The Kier molecular flexibility index (Phi) is 4.02. The molecule has 0 fully saturated rings. The number of imidazole rings is 1. The van der Waals surface area contributed by atoms with E-state index in [1.807, 2.05) is 10.6 Å². The molecule has 0 bridgehead atoms. The highest BCUT2D eigenvalue weighted by Gasteiger charge is 2.04. The summed E-state index contributed by atoms with van der Waals surface area (Å²) >= 11 is 7.03. The van der Waals surface area contributed by atoms with Crippen LogP contribution in [-0.2, 0) is 6.54 Å². The maximum Gasteiger partial charge on any atom is 0.178 e. The Balaban J connectivity index is 2.24. The van der Waals surface area contributed by atoms with Crippen molar-refractivity contribution in [2.75, 3.05) is 11.5 Å². The monoisotopic (exact) mass is 268 g/mol. The van der Waals surface area contributed by atoms with E-state index in [1.54, 1.807) is 17.8 Å². The molecular weight excluding hydrogens is 255 g/mol. The van der Waals surface area contributed by atoms with Gasteiger partial charge in [0.15, 0.2) is 4.77 Å². The van der Waals surface area contributed by atoms with Crippen molar-refractivity contribution >= 4 is 35.0 Å². The highest BCUT2D eigenvalue weighted by molar-refractivity contribution is 7.99. The summed E-state index contributed by atoms with van der Waals surface area (Å²) in [5.74, 6) is 1.65. The lowest BCUT2D eigenvalue weighted by Gasteiger charge is -2.03. The molecular formula is C12H13FN2S2. The van der Waals surface area contributed by atoms with Gasteiger partial charge in [-0.05, 0) is 30.4 Å². The molecule has 5 heteroatoms. The third kappa shape index (κ3) is 2.79. The van der Waals surface area contributed by atoms with Crippen molar-refractivity contribution in [2.24, 2.45) is 0 Å². The number of aromatic nitrogens is 2. The molecule has 0 spiro atoms. The van der Waals surface area contributed by atoms with Gasteiger partial charge in [-0.3, -0.25) is 0 Å². The van der Waals surface area contributed by atoms with Gasteiger partial charge in [0, 0.05) is 18.1 Å². The van der Waals surface area contributed by atoms with E-state index in [9.17, 15) is 4.39 Å². The van der Waals surface area contributed by atoms with Gasteiger partial charge < -0.3 is 9.55 Å². The molecule has 2 aromatic rings. The van der Waals surface area contributed by atoms with Gasteiger partial charge in [-0.1, -0.05) is 6.08 Å². The van der Waals surface area contributed by atoms with E-state index in [-0.39, 0.29) is 5.82 Å². The first-order chi connectivity index (χ1) is 8.22. The second-order valence-electron chi connectivity index (χ2n) is 3.61. The van der Waals surface area contributed by atoms with E-state index in [0.717, 1.165) is 29.1 Å². The molecule has 0 unspecified atom stereocenters. The van der Waals surface area contributed by atoms with Gasteiger partial charge in [-0.15, -0.1) is 6.58 Å². The summed E-state index contributed by atoms with van der Waals surface area (Å²) in [6.07, 6.45) is 1.88. The fourth-order valence-corrected chi connectivity index (χ4v) is 2.62. The standard InChI is InChI=1S/C12H13FN2S2/c1-2-6-17-7-5-15-11-4-3-9(13)8-10(11)14-12(15)16/h2-4,8H,1,5-7H2,(H,14,16). The maximum absolute atomic E-state index is 13.1. The third-order valence-corrected chi connectivity index (χ3v) is 3.70. The Morgan fingerprint density at radius 3 is 3.12 bits per heavy atom. The Morgan fingerprint density at radius 1 is 1.53 bits per heavy atom. The van der Waals surface area contributed by atoms with Crippen molar-refractivity contribution in [3.05, 3.63) is 41.4 Å². The van der Waals surface area contributed by atoms with Gasteiger partial charge >= 0.3 is 0 Å². The average Bonchev–Trinajstić information content (AvgIpc) is 2.60. The molecule has 2 nitrogen and oxygen atoms in total. The topological polar surface area (TPSA) is 20.7 Å². The molecule has 0 aliphatic heterocycles. The molecule has 1 aromatic carbocycles. The highest BCUT2D eigenvalue weighted by Crippen LogP contribution is 2.16. The van der Waals surface area contributed by atoms with Crippen LogP contribution in [0.5, 0.6) is 0 Å². The Labute approximate surface area is 109 Å². The molecule has 0 aliphatic carbocycles. The highest BCUT2D eigenvalue weighted by atomic mass is 32.2. The van der Waals surface area contributed by atoms with Crippen LogP contribution in [0.3, 0.4) is 0 Å². The minimum absolute atomic E-state index is 0.248. The van der Waals surface area contributed by atoms with Crippen molar-refractivity contribution < 1.29 is 4.39 Å². The number of H-pyrrole nitrogens is 1. The number of rotatable bonds is 5. The lowest BCUT2D eigenvalue weighted by molar-refractivity contribution is 0.629. The van der Waals surface area contributed by atoms with Gasteiger partial charge in [0.05, 0.1) is 11.0 Å². The number of hydrogen-bond acceptors (Lipinski definition) is 2. The lowest BCUT2D eigenvalue weighted by atomic mass is 10.3. The van der Waals surface area contributed by atoms with Crippen molar-refractivity contribution in [3.8, 4) is 0 Å². The van der Waals surface area contributed by atoms with E-state index < -0.39 is 0 Å². The van der Waals surface area contributed by atoms with Gasteiger partial charge in [0.2, 0.25) is 0 Å². The second kappa shape index (κ2) is 5.51. The van der Waals surface area contributed by atoms with Crippen LogP contribution < -0.4 is 0 Å². The molecule has 0 saturated heterocycles. The lowest BCUT2D eigenvalue weighted by Crippen LogP contribution is -2.00. The largest absolute Gasteiger partial charge is 0.330 e. The molecule has 2 rings (SSSR count). The van der Waals surface area contributed by atoms with Crippen LogP contribution in [0.15, 0.2) is 30.9 Å². The van der Waals surface area contributed by atoms with E-state index in [2.05, 4.69) is 11.6 Å². The van der Waals surface area contributed by atoms with Crippen LogP contribution in [0.4, 0.5) is 4.39 Å². The Morgan fingerprint density at radius 2 is 2.35 bits per heavy atom.